The van der Waals surface area contributed by atoms with Gasteiger partial charge in [0.05, 0.1) is 7.11 Å². The second-order valence-electron chi connectivity index (χ2n) is 6.33. The van der Waals surface area contributed by atoms with Crippen LogP contribution in [-0.4, -0.2) is 56.6 Å². The third kappa shape index (κ3) is 6.37. The molecule has 26 heavy (non-hydrogen) atoms. The van der Waals surface area contributed by atoms with Crippen molar-refractivity contribution in [3.05, 3.63) is 53.9 Å². The Hall–Kier alpha value is -2.60. The second-order valence-corrected chi connectivity index (χ2v) is 6.33. The van der Waals surface area contributed by atoms with E-state index in [0.717, 1.165) is 42.9 Å². The van der Waals surface area contributed by atoms with Gasteiger partial charge >= 0.3 is 0 Å². The SMILES string of the molecule is COc1ccccc1CCNc1ccnc(C(=O)NCCCN(C)C)c1. The molecule has 0 bridgehead atoms. The zero-order valence-electron chi connectivity index (χ0n) is 15.8. The highest BCUT2D eigenvalue weighted by atomic mass is 16.5. The molecule has 1 aromatic heterocycles. The van der Waals surface area contributed by atoms with Crippen LogP contribution in [0.3, 0.4) is 0 Å². The van der Waals surface area contributed by atoms with E-state index in [-0.39, 0.29) is 5.91 Å². The summed E-state index contributed by atoms with van der Waals surface area (Å²) < 4.78 is 5.37. The number of anilines is 1. The number of para-hydroxylation sites is 1. The minimum atomic E-state index is -0.142. The van der Waals surface area contributed by atoms with E-state index in [2.05, 4.69) is 26.6 Å². The fourth-order valence-electron chi connectivity index (χ4n) is 2.60. The third-order valence-electron chi connectivity index (χ3n) is 3.98. The second kappa shape index (κ2) is 10.4. The van der Waals surface area contributed by atoms with Crippen molar-refractivity contribution in [1.29, 1.82) is 0 Å². The Labute approximate surface area is 155 Å². The minimum absolute atomic E-state index is 0.142. The van der Waals surface area contributed by atoms with Gasteiger partial charge < -0.3 is 20.3 Å². The maximum absolute atomic E-state index is 12.2. The summed E-state index contributed by atoms with van der Waals surface area (Å²) >= 11 is 0. The summed E-state index contributed by atoms with van der Waals surface area (Å²) in [4.78, 5) is 18.4. The number of rotatable bonds is 10. The van der Waals surface area contributed by atoms with Gasteiger partial charge in [-0.2, -0.15) is 0 Å². The Kier molecular flexibility index (Phi) is 7.89. The first-order chi connectivity index (χ1) is 12.6. The molecule has 6 nitrogen and oxygen atoms in total. The lowest BCUT2D eigenvalue weighted by Crippen LogP contribution is -2.27. The number of benzene rings is 1. The molecule has 1 heterocycles. The molecule has 0 spiro atoms. The molecule has 0 fully saturated rings. The van der Waals surface area contributed by atoms with E-state index in [0.29, 0.717) is 12.2 Å². The number of hydrogen-bond acceptors (Lipinski definition) is 5. The predicted molar refractivity (Wildman–Crippen MR) is 105 cm³/mol. The van der Waals surface area contributed by atoms with Crippen LogP contribution in [0.1, 0.15) is 22.5 Å². The number of methoxy groups -OCH3 is 1. The first-order valence-corrected chi connectivity index (χ1v) is 8.85. The zero-order valence-corrected chi connectivity index (χ0v) is 15.8. The van der Waals surface area contributed by atoms with E-state index in [1.165, 1.54) is 0 Å². The zero-order chi connectivity index (χ0) is 18.8. The Bertz CT molecular complexity index is 704. The van der Waals surface area contributed by atoms with Gasteiger partial charge in [0.2, 0.25) is 0 Å². The molecule has 0 saturated carbocycles. The standard InChI is InChI=1S/C20H28N4O2/c1-24(2)14-6-11-23-20(25)18-15-17(10-13-22-18)21-12-9-16-7-4-5-8-19(16)26-3/h4-5,7-8,10,13,15H,6,9,11-12,14H2,1-3H3,(H,21,22)(H,23,25). The monoisotopic (exact) mass is 356 g/mol. The highest BCUT2D eigenvalue weighted by molar-refractivity contribution is 5.93. The highest BCUT2D eigenvalue weighted by Gasteiger charge is 2.08. The third-order valence-corrected chi connectivity index (χ3v) is 3.98. The quantitative estimate of drug-likeness (QED) is 0.640. The highest BCUT2D eigenvalue weighted by Crippen LogP contribution is 2.18. The van der Waals surface area contributed by atoms with Crippen molar-refractivity contribution in [1.82, 2.24) is 15.2 Å². The van der Waals surface area contributed by atoms with Gasteiger partial charge in [0.1, 0.15) is 11.4 Å². The summed E-state index contributed by atoms with van der Waals surface area (Å²) in [5, 5.41) is 6.25. The number of amides is 1. The summed E-state index contributed by atoms with van der Waals surface area (Å²) in [7, 11) is 5.71. The minimum Gasteiger partial charge on any atom is -0.496 e. The molecule has 0 aliphatic heterocycles. The number of carbonyl (C=O) groups is 1. The molecule has 0 aliphatic rings. The van der Waals surface area contributed by atoms with Crippen LogP contribution in [0.2, 0.25) is 0 Å². The number of pyridine rings is 1. The number of nitrogens with zero attached hydrogens (tertiary/aromatic N) is 2. The van der Waals surface area contributed by atoms with E-state index in [1.807, 2.05) is 38.4 Å². The first kappa shape index (κ1) is 19.7. The van der Waals surface area contributed by atoms with Gasteiger partial charge in [-0.1, -0.05) is 18.2 Å². The Morgan fingerprint density at radius 1 is 1.19 bits per heavy atom. The van der Waals surface area contributed by atoms with Crippen LogP contribution in [0.4, 0.5) is 5.69 Å². The number of aromatic nitrogens is 1. The van der Waals surface area contributed by atoms with Gasteiger partial charge in [-0.25, -0.2) is 0 Å². The van der Waals surface area contributed by atoms with Crippen molar-refractivity contribution in [3.8, 4) is 5.75 Å². The molecule has 6 heteroatoms. The number of carbonyl (C=O) groups excluding carboxylic acids is 1. The van der Waals surface area contributed by atoms with Gasteiger partial charge in [0.15, 0.2) is 0 Å². The molecule has 0 saturated heterocycles. The van der Waals surface area contributed by atoms with Gasteiger partial charge in [-0.05, 0) is 57.2 Å². The van der Waals surface area contributed by atoms with Gasteiger partial charge in [-0.3, -0.25) is 9.78 Å². The average molecular weight is 356 g/mol. The average Bonchev–Trinajstić information content (AvgIpc) is 2.65. The lowest BCUT2D eigenvalue weighted by Gasteiger charge is -2.11. The van der Waals surface area contributed by atoms with Crippen LogP contribution in [-0.2, 0) is 6.42 Å². The Balaban J connectivity index is 1.83. The summed E-state index contributed by atoms with van der Waals surface area (Å²) in [6.07, 6.45) is 3.40. The van der Waals surface area contributed by atoms with Crippen molar-refractivity contribution in [2.24, 2.45) is 0 Å². The topological polar surface area (TPSA) is 66.5 Å². The van der Waals surface area contributed by atoms with Crippen molar-refractivity contribution in [2.75, 3.05) is 46.2 Å². The van der Waals surface area contributed by atoms with Gasteiger partial charge in [0.25, 0.3) is 5.91 Å². The molecule has 2 aromatic rings. The largest absolute Gasteiger partial charge is 0.496 e. The molecular weight excluding hydrogens is 328 g/mol. The van der Waals surface area contributed by atoms with Crippen molar-refractivity contribution >= 4 is 11.6 Å². The number of hydrogen-bond donors (Lipinski definition) is 2. The van der Waals surface area contributed by atoms with Crippen LogP contribution in [0.5, 0.6) is 5.75 Å². The molecule has 140 valence electrons. The molecule has 1 aromatic carbocycles. The van der Waals surface area contributed by atoms with Crippen LogP contribution in [0.15, 0.2) is 42.6 Å². The summed E-state index contributed by atoms with van der Waals surface area (Å²) in [6, 6.07) is 11.6. The molecule has 0 atom stereocenters. The normalized spacial score (nSPS) is 10.6. The lowest BCUT2D eigenvalue weighted by molar-refractivity contribution is 0.0947. The predicted octanol–water partition coefficient (Wildman–Crippen LogP) is 2.43. The van der Waals surface area contributed by atoms with Gasteiger partial charge in [0, 0.05) is 25.0 Å². The molecule has 0 aliphatic carbocycles. The van der Waals surface area contributed by atoms with Crippen LogP contribution in [0.25, 0.3) is 0 Å². The van der Waals surface area contributed by atoms with E-state index in [1.54, 1.807) is 19.4 Å². The molecule has 0 unspecified atom stereocenters. The number of ether oxygens (including phenoxy) is 1. The molecule has 2 N–H and O–H groups in total. The Morgan fingerprint density at radius 3 is 2.77 bits per heavy atom. The first-order valence-electron chi connectivity index (χ1n) is 8.85. The summed E-state index contributed by atoms with van der Waals surface area (Å²) in [5.41, 5.74) is 2.46. The van der Waals surface area contributed by atoms with E-state index in [4.69, 9.17) is 4.74 Å². The van der Waals surface area contributed by atoms with Crippen LogP contribution in [0, 0.1) is 0 Å². The maximum atomic E-state index is 12.2. The van der Waals surface area contributed by atoms with Crippen LogP contribution >= 0.6 is 0 Å². The van der Waals surface area contributed by atoms with E-state index in [9.17, 15) is 4.79 Å². The van der Waals surface area contributed by atoms with Gasteiger partial charge in [-0.15, -0.1) is 0 Å². The van der Waals surface area contributed by atoms with Crippen molar-refractivity contribution < 1.29 is 9.53 Å². The number of nitrogens with one attached hydrogen (secondary N) is 2. The molecule has 1 amide bonds. The smallest absolute Gasteiger partial charge is 0.269 e. The lowest BCUT2D eigenvalue weighted by atomic mass is 10.1. The van der Waals surface area contributed by atoms with Crippen molar-refractivity contribution in [2.45, 2.75) is 12.8 Å². The molecule has 0 radical (unpaired) electrons. The van der Waals surface area contributed by atoms with E-state index >= 15 is 0 Å². The Morgan fingerprint density at radius 2 is 2.00 bits per heavy atom. The van der Waals surface area contributed by atoms with E-state index < -0.39 is 0 Å². The summed E-state index contributed by atoms with van der Waals surface area (Å²) in [5.74, 6) is 0.749. The molecule has 2 rings (SSSR count). The summed E-state index contributed by atoms with van der Waals surface area (Å²) in [6.45, 7) is 2.33. The fraction of sp³-hybridized carbons (Fsp3) is 0.400. The van der Waals surface area contributed by atoms with Crippen molar-refractivity contribution in [3.63, 3.8) is 0 Å². The fourth-order valence-corrected chi connectivity index (χ4v) is 2.60. The maximum Gasteiger partial charge on any atom is 0.269 e. The molecular formula is C20H28N4O2. The van der Waals surface area contributed by atoms with Crippen LogP contribution < -0.4 is 15.4 Å².